The molecule has 1 aromatic heterocycles. The van der Waals surface area contributed by atoms with E-state index in [0.29, 0.717) is 53.0 Å². The summed E-state index contributed by atoms with van der Waals surface area (Å²) in [5.41, 5.74) is 4.07. The molecule has 2 fully saturated rings. The highest BCUT2D eigenvalue weighted by Crippen LogP contribution is 2.33. The molecule has 1 atom stereocenters. The average molecular weight is 943 g/mol. The second-order valence-corrected chi connectivity index (χ2v) is 17.4. The van der Waals surface area contributed by atoms with Crippen LogP contribution in [0.5, 0.6) is 0 Å². The number of hydrogen-bond acceptors (Lipinski definition) is 12. The van der Waals surface area contributed by atoms with E-state index in [4.69, 9.17) is 11.6 Å². The Bertz CT molecular complexity index is 2680. The van der Waals surface area contributed by atoms with Crippen molar-refractivity contribution < 1.29 is 33.2 Å². The van der Waals surface area contributed by atoms with Crippen LogP contribution in [-0.2, 0) is 20.8 Å². The summed E-state index contributed by atoms with van der Waals surface area (Å²) in [5.74, 6) is -2.83. The molecule has 0 spiro atoms. The molecule has 0 bridgehead atoms. The number of aromatic nitrogens is 2. The van der Waals surface area contributed by atoms with E-state index in [0.717, 1.165) is 74.8 Å². The van der Waals surface area contributed by atoms with Crippen molar-refractivity contribution in [2.24, 2.45) is 0 Å². The first-order chi connectivity index (χ1) is 33.0. The van der Waals surface area contributed by atoms with Gasteiger partial charge in [-0.3, -0.25) is 43.9 Å². The topological polar surface area (TPSA) is 198 Å². The van der Waals surface area contributed by atoms with Crippen molar-refractivity contribution in [1.82, 2.24) is 30.0 Å². The highest BCUT2D eigenvalue weighted by molar-refractivity contribution is 6.34. The molecule has 0 saturated carbocycles. The Kier molecular flexibility index (Phi) is 15.3. The maximum absolute atomic E-state index is 14.7. The summed E-state index contributed by atoms with van der Waals surface area (Å²) < 4.78 is 14.7. The minimum Gasteiger partial charge on any atom is -0.384 e. The van der Waals surface area contributed by atoms with Crippen molar-refractivity contribution >= 4 is 81.6 Å². The standard InChI is InChI=1S/C50H52ClFN10O6/c51-37-11-5-6-12-39(37)57-46(65)33-16-20-34(21-17-33)55-45-38(52)31-54-50(59-45)56-35-18-14-32(15-19-35)30-43(64)61-28-26-60(27-29-61)25-8-4-2-1-3-7-24-53-40-13-9-10-36-44(40)49(68)62(48(36)67)41-22-23-42(63)58-47(41)66/h5-6,9-21,31,41,53H,1-4,7-8,22-30H2,(H,57,65)(H,58,63,66)(H2,54,55,56,59). The SMILES string of the molecule is O=C1CCC(N2C(=O)c3cccc(NCCCCCCCCN4CCN(C(=O)Cc5ccc(Nc6ncc(F)c(Nc7ccc(C(=O)Nc8ccccc8Cl)cc7)n6)cc5)CC4)c3C2=O)C(=O)N1. The van der Waals surface area contributed by atoms with Crippen molar-refractivity contribution in [2.75, 3.05) is 60.5 Å². The summed E-state index contributed by atoms with van der Waals surface area (Å²) in [5, 5.41) is 14.8. The van der Waals surface area contributed by atoms with Gasteiger partial charge in [0.2, 0.25) is 23.7 Å². The summed E-state index contributed by atoms with van der Waals surface area (Å²) in [4.78, 5) is 90.0. The van der Waals surface area contributed by atoms with Gasteiger partial charge in [-0.15, -0.1) is 0 Å². The van der Waals surface area contributed by atoms with Crippen molar-refractivity contribution in [2.45, 2.75) is 63.8 Å². The summed E-state index contributed by atoms with van der Waals surface area (Å²) in [7, 11) is 0. The lowest BCUT2D eigenvalue weighted by molar-refractivity contribution is -0.136. The number of hydrogen-bond donors (Lipinski definition) is 5. The summed E-state index contributed by atoms with van der Waals surface area (Å²) in [6.45, 7) is 4.69. The van der Waals surface area contributed by atoms with Crippen LogP contribution >= 0.6 is 11.6 Å². The number of piperidine rings is 1. The van der Waals surface area contributed by atoms with Gasteiger partial charge in [-0.2, -0.15) is 4.98 Å². The first-order valence-corrected chi connectivity index (χ1v) is 23.3. The molecule has 3 aliphatic rings. The van der Waals surface area contributed by atoms with Crippen molar-refractivity contribution in [3.63, 3.8) is 0 Å². The Labute approximate surface area is 398 Å². The highest BCUT2D eigenvalue weighted by atomic mass is 35.5. The number of nitrogens with one attached hydrogen (secondary N) is 5. The molecular weight excluding hydrogens is 891 g/mol. The summed E-state index contributed by atoms with van der Waals surface area (Å²) >= 11 is 6.16. The third-order valence-corrected chi connectivity index (χ3v) is 12.6. The lowest BCUT2D eigenvalue weighted by Crippen LogP contribution is -2.54. The maximum atomic E-state index is 14.7. The molecule has 1 unspecified atom stereocenters. The first kappa shape index (κ1) is 47.3. The van der Waals surface area contributed by atoms with Crippen LogP contribution in [0.3, 0.4) is 0 Å². The van der Waals surface area contributed by atoms with E-state index in [1.807, 2.05) is 29.2 Å². The molecule has 3 aliphatic heterocycles. The third-order valence-electron chi connectivity index (χ3n) is 12.3. The number of anilines is 6. The van der Waals surface area contributed by atoms with Gasteiger partial charge < -0.3 is 26.2 Å². The molecule has 8 rings (SSSR count). The molecule has 0 aliphatic carbocycles. The zero-order valence-electron chi connectivity index (χ0n) is 37.4. The number of carbonyl (C=O) groups excluding carboxylic acids is 6. The number of fused-ring (bicyclic) bond motifs is 1. The van der Waals surface area contributed by atoms with E-state index in [-0.39, 0.29) is 54.0 Å². The van der Waals surface area contributed by atoms with E-state index in [9.17, 15) is 33.2 Å². The van der Waals surface area contributed by atoms with Crippen LogP contribution in [0.15, 0.2) is 97.2 Å². The lowest BCUT2D eigenvalue weighted by atomic mass is 10.0. The number of halogens is 2. The second kappa shape index (κ2) is 22.0. The van der Waals surface area contributed by atoms with Crippen molar-refractivity contribution in [3.05, 3.63) is 130 Å². The number of benzene rings is 4. The highest BCUT2D eigenvalue weighted by Gasteiger charge is 2.45. The fraction of sp³-hybridized carbons (Fsp3) is 0.320. The van der Waals surface area contributed by atoms with Crippen LogP contribution in [0.4, 0.5) is 38.9 Å². The van der Waals surface area contributed by atoms with Crippen molar-refractivity contribution in [3.8, 4) is 0 Å². The number of imide groups is 2. The minimum absolute atomic E-state index is 0.0463. The molecule has 68 heavy (non-hydrogen) atoms. The summed E-state index contributed by atoms with van der Waals surface area (Å²) in [6, 6.07) is 24.9. The van der Waals surface area contributed by atoms with Crippen LogP contribution in [-0.4, -0.2) is 105 Å². The van der Waals surface area contributed by atoms with Gasteiger partial charge in [0.05, 0.1) is 34.5 Å². The van der Waals surface area contributed by atoms with Crippen LogP contribution in [0, 0.1) is 5.82 Å². The van der Waals surface area contributed by atoms with Crippen LogP contribution in [0.25, 0.3) is 0 Å². The minimum atomic E-state index is -0.992. The maximum Gasteiger partial charge on any atom is 0.264 e. The number of unbranched alkanes of at least 4 members (excludes halogenated alkanes) is 5. The Morgan fingerprint density at radius 2 is 1.46 bits per heavy atom. The number of nitrogens with zero attached hydrogens (tertiary/aromatic N) is 5. The molecule has 18 heteroatoms. The normalized spacial score (nSPS) is 16.1. The zero-order valence-corrected chi connectivity index (χ0v) is 38.1. The van der Waals surface area contributed by atoms with Gasteiger partial charge in [0, 0.05) is 61.8 Å². The fourth-order valence-corrected chi connectivity index (χ4v) is 8.69. The molecule has 16 nitrogen and oxygen atoms in total. The van der Waals surface area contributed by atoms with Gasteiger partial charge in [-0.05, 0) is 92.0 Å². The molecule has 4 heterocycles. The molecule has 2 saturated heterocycles. The number of amides is 6. The molecule has 0 radical (unpaired) electrons. The quantitative estimate of drug-likeness (QED) is 0.0403. The number of rotatable bonds is 19. The van der Waals surface area contributed by atoms with E-state index in [1.54, 1.807) is 66.7 Å². The fourth-order valence-electron chi connectivity index (χ4n) is 8.51. The third kappa shape index (κ3) is 11.6. The predicted octanol–water partition coefficient (Wildman–Crippen LogP) is 7.55. The van der Waals surface area contributed by atoms with Gasteiger partial charge in [-0.1, -0.05) is 67.6 Å². The summed E-state index contributed by atoms with van der Waals surface area (Å²) in [6.07, 6.45) is 7.88. The van der Waals surface area contributed by atoms with Crippen LogP contribution < -0.4 is 26.6 Å². The number of carbonyl (C=O) groups is 6. The van der Waals surface area contributed by atoms with Gasteiger partial charge in [-0.25, -0.2) is 9.37 Å². The number of piperazine rings is 1. The van der Waals surface area contributed by atoms with E-state index < -0.39 is 35.5 Å². The predicted molar refractivity (Wildman–Crippen MR) is 257 cm³/mol. The van der Waals surface area contributed by atoms with Crippen LogP contribution in [0.1, 0.15) is 88.0 Å². The van der Waals surface area contributed by atoms with Gasteiger partial charge in [0.1, 0.15) is 6.04 Å². The Morgan fingerprint density at radius 3 is 2.21 bits per heavy atom. The lowest BCUT2D eigenvalue weighted by Gasteiger charge is -2.34. The molecule has 4 aromatic carbocycles. The second-order valence-electron chi connectivity index (χ2n) is 17.0. The molecule has 5 aromatic rings. The first-order valence-electron chi connectivity index (χ1n) is 22.9. The Balaban J connectivity index is 0.692. The molecular formula is C50H52ClFN10O6. The molecule has 6 amide bonds. The zero-order chi connectivity index (χ0) is 47.6. The molecule has 352 valence electrons. The Hall–Kier alpha value is -7.24. The Morgan fingerprint density at radius 1 is 0.765 bits per heavy atom. The van der Waals surface area contributed by atoms with Crippen LogP contribution in [0.2, 0.25) is 5.02 Å². The van der Waals surface area contributed by atoms with E-state index >= 15 is 0 Å². The average Bonchev–Trinajstić information content (AvgIpc) is 3.59. The van der Waals surface area contributed by atoms with E-state index in [2.05, 4.69) is 41.5 Å². The largest absolute Gasteiger partial charge is 0.384 e. The van der Waals surface area contributed by atoms with Gasteiger partial charge in [0.25, 0.3) is 17.7 Å². The van der Waals surface area contributed by atoms with E-state index in [1.165, 1.54) is 0 Å². The molecule has 5 N–H and O–H groups in total. The van der Waals surface area contributed by atoms with Gasteiger partial charge in [0.15, 0.2) is 11.6 Å². The van der Waals surface area contributed by atoms with Crippen molar-refractivity contribution in [1.29, 1.82) is 0 Å². The number of para-hydroxylation sites is 1. The smallest absolute Gasteiger partial charge is 0.264 e. The van der Waals surface area contributed by atoms with Gasteiger partial charge >= 0.3 is 0 Å². The monoisotopic (exact) mass is 942 g/mol.